The number of nitrogens with one attached hydrogen (secondary N) is 1. The third kappa shape index (κ3) is 2.81. The number of fused-ring (bicyclic) bond motifs is 4. The molecular formula is C21H21NO2S. The predicted octanol–water partition coefficient (Wildman–Crippen LogP) is 4.04. The predicted molar refractivity (Wildman–Crippen MR) is 106 cm³/mol. The van der Waals surface area contributed by atoms with Crippen LogP contribution in [0.5, 0.6) is 0 Å². The van der Waals surface area contributed by atoms with Crippen LogP contribution in [-0.2, 0) is 6.54 Å². The Labute approximate surface area is 150 Å². The third-order valence-electron chi connectivity index (χ3n) is 4.96. The van der Waals surface area contributed by atoms with Crippen LogP contribution in [0.25, 0.3) is 31.6 Å². The van der Waals surface area contributed by atoms with Gasteiger partial charge in [-0.25, -0.2) is 0 Å². The molecule has 0 aliphatic rings. The summed E-state index contributed by atoms with van der Waals surface area (Å²) in [6.45, 7) is 2.22. The zero-order valence-electron chi connectivity index (χ0n) is 14.1. The van der Waals surface area contributed by atoms with E-state index in [0.717, 1.165) is 0 Å². The van der Waals surface area contributed by atoms with E-state index in [9.17, 15) is 10.2 Å². The summed E-state index contributed by atoms with van der Waals surface area (Å²) in [6.07, 6.45) is 0. The molecule has 128 valence electrons. The topological polar surface area (TPSA) is 52.5 Å². The van der Waals surface area contributed by atoms with Gasteiger partial charge in [0.1, 0.15) is 0 Å². The van der Waals surface area contributed by atoms with Crippen LogP contribution < -0.4 is 5.32 Å². The van der Waals surface area contributed by atoms with Crippen molar-refractivity contribution in [1.82, 2.24) is 5.32 Å². The molecule has 25 heavy (non-hydrogen) atoms. The Bertz CT molecular complexity index is 1050. The first-order chi connectivity index (χ1) is 12.1. The Morgan fingerprint density at radius 2 is 1.72 bits per heavy atom. The van der Waals surface area contributed by atoms with Crippen LogP contribution in [0.2, 0.25) is 0 Å². The molecule has 3 aromatic carbocycles. The van der Waals surface area contributed by atoms with E-state index >= 15 is 0 Å². The molecule has 3 nitrogen and oxygen atoms in total. The molecule has 0 atom stereocenters. The molecule has 0 fully saturated rings. The van der Waals surface area contributed by atoms with Gasteiger partial charge in [0.25, 0.3) is 0 Å². The van der Waals surface area contributed by atoms with Gasteiger partial charge in [-0.05, 0) is 56.9 Å². The summed E-state index contributed by atoms with van der Waals surface area (Å²) in [5, 5.41) is 30.8. The molecule has 1 heterocycles. The molecule has 0 bridgehead atoms. The summed E-state index contributed by atoms with van der Waals surface area (Å²) < 4.78 is 1.26. The molecule has 0 unspecified atom stereocenters. The van der Waals surface area contributed by atoms with E-state index in [0.29, 0.717) is 6.54 Å². The van der Waals surface area contributed by atoms with Crippen molar-refractivity contribution >= 4 is 43.0 Å². The lowest BCUT2D eigenvalue weighted by Gasteiger charge is -2.27. The lowest BCUT2D eigenvalue weighted by molar-refractivity contribution is 0.103. The molecule has 0 spiro atoms. The summed E-state index contributed by atoms with van der Waals surface area (Å²) in [7, 11) is 0. The van der Waals surface area contributed by atoms with Crippen LogP contribution in [0.15, 0.2) is 53.9 Å². The first kappa shape index (κ1) is 16.5. The average Bonchev–Trinajstić information content (AvgIpc) is 3.13. The summed E-state index contributed by atoms with van der Waals surface area (Å²) >= 11 is 1.73. The van der Waals surface area contributed by atoms with E-state index in [1.54, 1.807) is 11.3 Å². The van der Waals surface area contributed by atoms with E-state index < -0.39 is 5.54 Å². The Kier molecular flexibility index (Phi) is 4.21. The van der Waals surface area contributed by atoms with Crippen molar-refractivity contribution in [3.8, 4) is 0 Å². The molecule has 3 N–H and O–H groups in total. The highest BCUT2D eigenvalue weighted by Crippen LogP contribution is 2.36. The molecule has 0 radical (unpaired) electrons. The molecule has 4 rings (SSSR count). The smallest absolute Gasteiger partial charge is 0.0633 e. The third-order valence-corrected chi connectivity index (χ3v) is 5.95. The summed E-state index contributed by atoms with van der Waals surface area (Å²) in [4.78, 5) is 0. The molecule has 0 saturated heterocycles. The number of thiophene rings is 1. The van der Waals surface area contributed by atoms with Gasteiger partial charge in [0.15, 0.2) is 0 Å². The van der Waals surface area contributed by atoms with Crippen LogP contribution in [0, 0.1) is 0 Å². The van der Waals surface area contributed by atoms with E-state index in [2.05, 4.69) is 59.2 Å². The molecule has 0 amide bonds. The lowest BCUT2D eigenvalue weighted by atomic mass is 9.96. The number of aliphatic hydroxyl groups is 2. The Balaban J connectivity index is 1.93. The largest absolute Gasteiger partial charge is 0.394 e. The first-order valence-corrected chi connectivity index (χ1v) is 9.30. The van der Waals surface area contributed by atoms with Crippen LogP contribution >= 0.6 is 11.3 Å². The van der Waals surface area contributed by atoms with Crippen LogP contribution in [-0.4, -0.2) is 29.0 Å². The van der Waals surface area contributed by atoms with Crippen molar-refractivity contribution in [2.75, 3.05) is 13.2 Å². The van der Waals surface area contributed by atoms with Gasteiger partial charge < -0.3 is 15.5 Å². The fraction of sp³-hybridized carbons (Fsp3) is 0.238. The number of benzene rings is 3. The van der Waals surface area contributed by atoms with E-state index in [1.807, 2.05) is 6.92 Å². The Morgan fingerprint density at radius 1 is 0.920 bits per heavy atom. The van der Waals surface area contributed by atoms with Gasteiger partial charge in [-0.15, -0.1) is 11.3 Å². The zero-order valence-corrected chi connectivity index (χ0v) is 14.9. The second-order valence-corrected chi connectivity index (χ2v) is 7.72. The maximum absolute atomic E-state index is 9.57. The minimum Gasteiger partial charge on any atom is -0.394 e. The minimum absolute atomic E-state index is 0.106. The van der Waals surface area contributed by atoms with Crippen LogP contribution in [0.3, 0.4) is 0 Å². The molecule has 0 aliphatic carbocycles. The van der Waals surface area contributed by atoms with Gasteiger partial charge in [0.05, 0.1) is 18.8 Å². The maximum atomic E-state index is 9.57. The van der Waals surface area contributed by atoms with E-state index in [1.165, 1.54) is 37.2 Å². The number of hydrogen-bond acceptors (Lipinski definition) is 4. The lowest BCUT2D eigenvalue weighted by Crippen LogP contribution is -2.48. The summed E-state index contributed by atoms with van der Waals surface area (Å²) in [5.41, 5.74) is 0.532. The fourth-order valence-electron chi connectivity index (χ4n) is 3.31. The molecule has 4 aromatic rings. The molecule has 4 heteroatoms. The van der Waals surface area contributed by atoms with Gasteiger partial charge in [-0.2, -0.15) is 0 Å². The van der Waals surface area contributed by atoms with Crippen molar-refractivity contribution in [2.24, 2.45) is 0 Å². The van der Waals surface area contributed by atoms with Crippen molar-refractivity contribution in [2.45, 2.75) is 19.0 Å². The highest BCUT2D eigenvalue weighted by Gasteiger charge is 2.22. The standard InChI is InChI=1S/C21H21NO2S/c1-21(12-23,13-24)22-11-19-17-7-6-14-4-2-3-5-16(14)18(17)10-15-8-9-25-20(15)19/h2-10,22-24H,11-13H2,1H3. The monoisotopic (exact) mass is 351 g/mol. The van der Waals surface area contributed by atoms with Crippen molar-refractivity contribution < 1.29 is 10.2 Å². The van der Waals surface area contributed by atoms with Crippen LogP contribution in [0.1, 0.15) is 12.5 Å². The first-order valence-electron chi connectivity index (χ1n) is 8.42. The highest BCUT2D eigenvalue weighted by atomic mass is 32.1. The highest BCUT2D eigenvalue weighted by molar-refractivity contribution is 7.17. The Hall–Kier alpha value is -1.98. The summed E-state index contributed by atoms with van der Waals surface area (Å²) in [5.74, 6) is 0. The molecule has 1 aromatic heterocycles. The van der Waals surface area contributed by atoms with Crippen molar-refractivity contribution in [1.29, 1.82) is 0 Å². The van der Waals surface area contributed by atoms with E-state index in [-0.39, 0.29) is 13.2 Å². The second kappa shape index (κ2) is 6.39. The van der Waals surface area contributed by atoms with Gasteiger partial charge in [-0.3, -0.25) is 0 Å². The van der Waals surface area contributed by atoms with E-state index in [4.69, 9.17) is 0 Å². The molecular weight excluding hydrogens is 330 g/mol. The van der Waals surface area contributed by atoms with Gasteiger partial charge in [0, 0.05) is 11.2 Å². The van der Waals surface area contributed by atoms with Gasteiger partial charge in [-0.1, -0.05) is 36.4 Å². The van der Waals surface area contributed by atoms with Crippen LogP contribution in [0.4, 0.5) is 0 Å². The average molecular weight is 351 g/mol. The number of hydrogen-bond donors (Lipinski definition) is 3. The SMILES string of the molecule is CC(CO)(CO)NCc1c2ccc3ccccc3c2cc2ccsc12. The minimum atomic E-state index is -0.692. The molecule has 0 saturated carbocycles. The van der Waals surface area contributed by atoms with Crippen molar-refractivity contribution in [3.63, 3.8) is 0 Å². The number of aliphatic hydroxyl groups excluding tert-OH is 2. The summed E-state index contributed by atoms with van der Waals surface area (Å²) in [6, 6.07) is 17.2. The zero-order chi connectivity index (χ0) is 17.4. The van der Waals surface area contributed by atoms with Gasteiger partial charge >= 0.3 is 0 Å². The Morgan fingerprint density at radius 3 is 2.52 bits per heavy atom. The van der Waals surface area contributed by atoms with Crippen molar-refractivity contribution in [3.05, 3.63) is 59.5 Å². The maximum Gasteiger partial charge on any atom is 0.0633 e. The number of rotatable bonds is 5. The normalized spacial score (nSPS) is 12.4. The second-order valence-electron chi connectivity index (χ2n) is 6.81. The van der Waals surface area contributed by atoms with Gasteiger partial charge in [0.2, 0.25) is 0 Å². The quantitative estimate of drug-likeness (QED) is 0.476. The fourth-order valence-corrected chi connectivity index (χ4v) is 4.25. The molecule has 0 aliphatic heterocycles.